The fraction of sp³-hybridized carbons (Fsp3) is 0.200. The Balaban J connectivity index is 1.56. The molecule has 0 aliphatic carbocycles. The maximum absolute atomic E-state index is 13.2. The molecule has 32 heavy (non-hydrogen) atoms. The summed E-state index contributed by atoms with van der Waals surface area (Å²) in [6, 6.07) is 24.1. The van der Waals surface area contributed by atoms with Crippen molar-refractivity contribution in [3.8, 4) is 0 Å². The van der Waals surface area contributed by atoms with Crippen molar-refractivity contribution in [1.82, 2.24) is 10.3 Å². The topological polar surface area (TPSA) is 85.1 Å². The molecule has 2 fully saturated rings. The number of thioether (sulfide) groups is 1. The summed E-state index contributed by atoms with van der Waals surface area (Å²) in [5, 5.41) is 18.5. The summed E-state index contributed by atoms with van der Waals surface area (Å²) in [6.45, 7) is 1.82. The van der Waals surface area contributed by atoms with E-state index in [1.807, 2.05) is 79.7 Å². The first-order valence-electron chi connectivity index (χ1n) is 10.4. The number of amides is 1. The maximum atomic E-state index is 13.2. The molecule has 1 aromatic heterocycles. The minimum absolute atomic E-state index is 0.186. The number of pyridine rings is 1. The highest BCUT2D eigenvalue weighted by Crippen LogP contribution is 2.65. The molecule has 1 amide bonds. The summed E-state index contributed by atoms with van der Waals surface area (Å²) in [5.41, 5.74) is 2.07. The molecule has 4 atom stereocenters. The van der Waals surface area contributed by atoms with Gasteiger partial charge in [0.15, 0.2) is 4.87 Å². The van der Waals surface area contributed by atoms with Crippen LogP contribution in [0.25, 0.3) is 21.7 Å². The third-order valence-electron chi connectivity index (χ3n) is 6.79. The number of aromatic nitrogens is 1. The molecule has 2 aliphatic heterocycles. The molecule has 4 aromatic rings. The summed E-state index contributed by atoms with van der Waals surface area (Å²) in [4.78, 5) is 29.1. The molecule has 4 unspecified atom stereocenters. The van der Waals surface area contributed by atoms with Gasteiger partial charge in [-0.2, -0.15) is 0 Å². The van der Waals surface area contributed by atoms with Crippen molar-refractivity contribution < 1.29 is 9.72 Å². The fourth-order valence-electron chi connectivity index (χ4n) is 5.29. The van der Waals surface area contributed by atoms with Gasteiger partial charge in [-0.05, 0) is 35.4 Å². The second kappa shape index (κ2) is 6.53. The van der Waals surface area contributed by atoms with E-state index < -0.39 is 21.6 Å². The van der Waals surface area contributed by atoms with Crippen LogP contribution >= 0.6 is 11.8 Å². The molecule has 158 valence electrons. The van der Waals surface area contributed by atoms with Crippen molar-refractivity contribution in [2.75, 3.05) is 0 Å². The van der Waals surface area contributed by atoms with E-state index >= 15 is 0 Å². The number of nitrogens with zero attached hydrogens (tertiary/aromatic N) is 2. The molecule has 2 saturated heterocycles. The van der Waals surface area contributed by atoms with E-state index in [0.717, 1.165) is 27.2 Å². The average Bonchev–Trinajstić information content (AvgIpc) is 3.24. The van der Waals surface area contributed by atoms with Crippen molar-refractivity contribution in [2.24, 2.45) is 0 Å². The van der Waals surface area contributed by atoms with Crippen molar-refractivity contribution in [3.63, 3.8) is 0 Å². The number of rotatable bonds is 3. The van der Waals surface area contributed by atoms with Crippen molar-refractivity contribution in [2.45, 2.75) is 28.5 Å². The van der Waals surface area contributed by atoms with Crippen molar-refractivity contribution in [3.05, 3.63) is 100 Å². The normalized spacial score (nSPS) is 28.8. The monoisotopic (exact) mass is 441 g/mol. The smallest absolute Gasteiger partial charge is 0.259 e. The molecule has 0 radical (unpaired) electrons. The Morgan fingerprint density at radius 1 is 0.969 bits per heavy atom. The van der Waals surface area contributed by atoms with Gasteiger partial charge in [-0.25, -0.2) is 4.98 Å². The van der Waals surface area contributed by atoms with Crippen LogP contribution in [0.15, 0.2) is 78.9 Å². The van der Waals surface area contributed by atoms with Gasteiger partial charge in [-0.1, -0.05) is 66.7 Å². The zero-order valence-electron chi connectivity index (χ0n) is 17.2. The summed E-state index contributed by atoms with van der Waals surface area (Å²) < 4.78 is -0.979. The SMILES string of the molecule is CC12SC(c3ccc4ccccc4n3)(NC1=O)C([N+](=O)[O-])C2c1ccc2ccccc2c1. The zero-order valence-corrected chi connectivity index (χ0v) is 18.0. The van der Waals surface area contributed by atoms with Crippen LogP contribution in [0.5, 0.6) is 0 Å². The van der Waals surface area contributed by atoms with Crippen LogP contribution in [0.1, 0.15) is 24.1 Å². The first-order chi connectivity index (χ1) is 15.4. The minimum Gasteiger partial charge on any atom is -0.329 e. The van der Waals surface area contributed by atoms with E-state index in [2.05, 4.69) is 5.32 Å². The summed E-state index contributed by atoms with van der Waals surface area (Å²) >= 11 is 1.33. The third-order valence-corrected chi connectivity index (χ3v) is 8.53. The highest BCUT2D eigenvalue weighted by molar-refractivity contribution is 8.03. The molecule has 0 saturated carbocycles. The van der Waals surface area contributed by atoms with E-state index in [1.165, 1.54) is 11.8 Å². The predicted octanol–water partition coefficient (Wildman–Crippen LogP) is 4.61. The van der Waals surface area contributed by atoms with Gasteiger partial charge in [0.05, 0.1) is 17.1 Å². The minimum atomic E-state index is -1.23. The fourth-order valence-corrected chi connectivity index (χ4v) is 7.20. The predicted molar refractivity (Wildman–Crippen MR) is 125 cm³/mol. The number of fused-ring (bicyclic) bond motifs is 4. The second-order valence-corrected chi connectivity index (χ2v) is 10.3. The zero-order chi connectivity index (χ0) is 22.1. The Morgan fingerprint density at radius 3 is 2.44 bits per heavy atom. The number of benzene rings is 3. The number of piperidine rings is 1. The Hall–Kier alpha value is -3.45. The molecular formula is C25H19N3O3S. The highest BCUT2D eigenvalue weighted by Gasteiger charge is 2.76. The first-order valence-corrected chi connectivity index (χ1v) is 11.3. The van der Waals surface area contributed by atoms with Gasteiger partial charge in [0, 0.05) is 10.3 Å². The van der Waals surface area contributed by atoms with Crippen LogP contribution in [0.2, 0.25) is 0 Å². The van der Waals surface area contributed by atoms with Gasteiger partial charge in [-0.15, -0.1) is 11.8 Å². The van der Waals surface area contributed by atoms with Crippen LogP contribution in [-0.2, 0) is 9.67 Å². The van der Waals surface area contributed by atoms with E-state index in [4.69, 9.17) is 4.98 Å². The van der Waals surface area contributed by atoms with E-state index in [1.54, 1.807) is 6.07 Å². The second-order valence-electron chi connectivity index (χ2n) is 8.60. The number of nitro groups is 1. The number of nitrogens with one attached hydrogen (secondary N) is 1. The summed E-state index contributed by atoms with van der Waals surface area (Å²) in [5.74, 6) is -0.775. The van der Waals surface area contributed by atoms with Gasteiger partial charge in [-0.3, -0.25) is 14.9 Å². The Morgan fingerprint density at radius 2 is 1.66 bits per heavy atom. The van der Waals surface area contributed by atoms with Crippen LogP contribution in [0, 0.1) is 10.1 Å². The summed E-state index contributed by atoms with van der Waals surface area (Å²) in [6.07, 6.45) is 0. The molecule has 6 rings (SSSR count). The van der Waals surface area contributed by atoms with Gasteiger partial charge in [0.1, 0.15) is 4.75 Å². The molecule has 7 heteroatoms. The van der Waals surface area contributed by atoms with Gasteiger partial charge < -0.3 is 5.32 Å². The Bertz CT molecular complexity index is 1440. The first kappa shape index (κ1) is 19.3. The molecule has 2 bridgehead atoms. The molecule has 0 spiro atoms. The number of para-hydroxylation sites is 1. The van der Waals surface area contributed by atoms with Crippen LogP contribution in [0.3, 0.4) is 0 Å². The lowest BCUT2D eigenvalue weighted by Crippen LogP contribution is -2.59. The number of carbonyl (C=O) groups is 1. The van der Waals surface area contributed by atoms with Crippen LogP contribution < -0.4 is 5.32 Å². The lowest BCUT2D eigenvalue weighted by molar-refractivity contribution is -0.535. The van der Waals surface area contributed by atoms with Gasteiger partial charge in [0.2, 0.25) is 5.91 Å². The summed E-state index contributed by atoms with van der Waals surface area (Å²) in [7, 11) is 0. The molecule has 2 aliphatic rings. The van der Waals surface area contributed by atoms with Crippen LogP contribution in [-0.4, -0.2) is 26.6 Å². The van der Waals surface area contributed by atoms with Crippen molar-refractivity contribution >= 4 is 39.3 Å². The largest absolute Gasteiger partial charge is 0.329 e. The highest BCUT2D eigenvalue weighted by atomic mass is 32.2. The average molecular weight is 442 g/mol. The van der Waals surface area contributed by atoms with E-state index in [0.29, 0.717) is 5.69 Å². The Labute approximate surface area is 188 Å². The lowest BCUT2D eigenvalue weighted by atomic mass is 9.74. The molecular weight excluding hydrogens is 422 g/mol. The number of carbonyl (C=O) groups excluding carboxylic acids is 1. The Kier molecular flexibility index (Phi) is 3.93. The maximum Gasteiger partial charge on any atom is 0.259 e. The van der Waals surface area contributed by atoms with Crippen molar-refractivity contribution in [1.29, 1.82) is 0 Å². The standard InChI is InChI=1S/C25H19N3O3S/c1-24-21(18-11-10-15-6-2-3-8-17(15)14-18)22(28(30)31)25(32-24,27-23(24)29)20-13-12-16-7-4-5-9-19(16)26-20/h2-14,21-22H,1H3,(H,27,29). The van der Waals surface area contributed by atoms with E-state index in [9.17, 15) is 14.9 Å². The molecule has 3 heterocycles. The molecule has 3 aromatic carbocycles. The van der Waals surface area contributed by atoms with Crippen LogP contribution in [0.4, 0.5) is 0 Å². The third kappa shape index (κ3) is 2.48. The van der Waals surface area contributed by atoms with E-state index in [-0.39, 0.29) is 10.8 Å². The molecule has 1 N–H and O–H groups in total. The quantitative estimate of drug-likeness (QED) is 0.371. The molecule has 6 nitrogen and oxygen atoms in total. The van der Waals surface area contributed by atoms with Gasteiger partial charge >= 0.3 is 0 Å². The number of hydrogen-bond donors (Lipinski definition) is 1. The van der Waals surface area contributed by atoms with Gasteiger partial charge in [0.25, 0.3) is 6.04 Å². The lowest BCUT2D eigenvalue weighted by Gasteiger charge is -2.34. The number of hydrogen-bond acceptors (Lipinski definition) is 5.